The van der Waals surface area contributed by atoms with Crippen LogP contribution < -0.4 is 15.1 Å². The van der Waals surface area contributed by atoms with E-state index in [4.69, 9.17) is 4.74 Å². The van der Waals surface area contributed by atoms with Crippen molar-refractivity contribution in [2.75, 3.05) is 36.0 Å². The lowest BCUT2D eigenvalue weighted by Crippen LogP contribution is -2.54. The first-order valence-electron chi connectivity index (χ1n) is 15.1. The Bertz CT molecular complexity index is 1260. The minimum atomic E-state index is -1.25. The van der Waals surface area contributed by atoms with Crippen LogP contribution in [0.5, 0.6) is 0 Å². The van der Waals surface area contributed by atoms with E-state index in [1.165, 1.54) is 0 Å². The maximum absolute atomic E-state index is 15.8. The number of carbonyl (C=O) groups excluding carboxylic acids is 4. The van der Waals surface area contributed by atoms with Crippen molar-refractivity contribution in [1.82, 2.24) is 10.2 Å². The molecule has 1 saturated carbocycles. The molecule has 6 rings (SSSR count). The van der Waals surface area contributed by atoms with Crippen LogP contribution >= 0.6 is 0 Å². The van der Waals surface area contributed by atoms with E-state index in [2.05, 4.69) is 16.3 Å². The first-order valence-corrected chi connectivity index (χ1v) is 15.1. The summed E-state index contributed by atoms with van der Waals surface area (Å²) in [5.41, 5.74) is 0.490. The Morgan fingerprint density at radius 2 is 1.71 bits per heavy atom. The van der Waals surface area contributed by atoms with E-state index in [1.54, 1.807) is 9.80 Å². The van der Waals surface area contributed by atoms with Crippen LogP contribution in [-0.2, 0) is 24.5 Å². The molecule has 4 heterocycles. The first-order chi connectivity index (χ1) is 19.4. The van der Waals surface area contributed by atoms with E-state index in [9.17, 15) is 19.2 Å². The molecule has 5 aliphatic rings. The van der Waals surface area contributed by atoms with Gasteiger partial charge < -0.3 is 14.5 Å². The average molecular weight is 569 g/mol. The van der Waals surface area contributed by atoms with Crippen LogP contribution in [0.2, 0.25) is 0 Å². The molecule has 41 heavy (non-hydrogen) atoms. The van der Waals surface area contributed by atoms with E-state index in [-0.39, 0.29) is 30.2 Å². The minimum Gasteiger partial charge on any atom is -0.444 e. The lowest BCUT2D eigenvalue weighted by Gasteiger charge is -2.41. The molecule has 4 amide bonds. The number of halogens is 1. The van der Waals surface area contributed by atoms with Gasteiger partial charge in [0.2, 0.25) is 17.7 Å². The van der Waals surface area contributed by atoms with Crippen molar-refractivity contribution < 1.29 is 28.3 Å². The summed E-state index contributed by atoms with van der Waals surface area (Å²) in [6.45, 7) is 7.92. The van der Waals surface area contributed by atoms with E-state index in [0.29, 0.717) is 38.8 Å². The van der Waals surface area contributed by atoms with Gasteiger partial charge in [-0.1, -0.05) is 0 Å². The molecule has 1 aromatic rings. The van der Waals surface area contributed by atoms with Crippen molar-refractivity contribution in [3.63, 3.8) is 0 Å². The number of piperidine rings is 3. The summed E-state index contributed by atoms with van der Waals surface area (Å²) in [4.78, 5) is 55.7. The Balaban J connectivity index is 1.07. The quantitative estimate of drug-likeness (QED) is 0.547. The zero-order chi connectivity index (χ0) is 29.2. The highest BCUT2D eigenvalue weighted by Gasteiger charge is 2.61. The molecule has 1 aromatic carbocycles. The number of nitrogens with zero attached hydrogens (tertiary/aromatic N) is 3. The van der Waals surface area contributed by atoms with Crippen molar-refractivity contribution in [3.8, 4) is 0 Å². The maximum atomic E-state index is 15.8. The van der Waals surface area contributed by atoms with Gasteiger partial charge in [-0.05, 0) is 102 Å². The SMILES string of the molecule is CC(C)(C)OC(=O)N1CCC(F)(CC2CCN(c3ccc4c(c3)C3(CC3)C(=O)N4C3CCC(=O)NC3=O)CC2)CC1. The molecule has 1 N–H and O–H groups in total. The number of alkyl halides is 1. The molecule has 1 spiro atoms. The van der Waals surface area contributed by atoms with Crippen molar-refractivity contribution in [2.24, 2.45) is 5.92 Å². The second kappa shape index (κ2) is 9.98. The van der Waals surface area contributed by atoms with Gasteiger partial charge in [-0.25, -0.2) is 9.18 Å². The largest absolute Gasteiger partial charge is 0.444 e. The van der Waals surface area contributed by atoms with Crippen molar-refractivity contribution in [2.45, 2.75) is 101 Å². The van der Waals surface area contributed by atoms with Crippen LogP contribution in [0.3, 0.4) is 0 Å². The number of likely N-dealkylation sites (tertiary alicyclic amines) is 1. The van der Waals surface area contributed by atoms with E-state index < -0.39 is 28.6 Å². The Hall–Kier alpha value is -3.17. The fourth-order valence-electron chi connectivity index (χ4n) is 7.15. The molecule has 0 bridgehead atoms. The summed E-state index contributed by atoms with van der Waals surface area (Å²) >= 11 is 0. The number of carbonyl (C=O) groups is 4. The van der Waals surface area contributed by atoms with Gasteiger partial charge in [-0.2, -0.15) is 0 Å². The van der Waals surface area contributed by atoms with E-state index in [1.807, 2.05) is 32.9 Å². The molecule has 222 valence electrons. The number of anilines is 2. The summed E-state index contributed by atoms with van der Waals surface area (Å²) in [7, 11) is 0. The normalized spacial score (nSPS) is 25.8. The lowest BCUT2D eigenvalue weighted by molar-refractivity contribution is -0.135. The number of rotatable bonds is 4. The molecule has 3 saturated heterocycles. The molecular weight excluding hydrogens is 527 g/mol. The number of benzene rings is 1. The predicted molar refractivity (Wildman–Crippen MR) is 151 cm³/mol. The zero-order valence-corrected chi connectivity index (χ0v) is 24.3. The van der Waals surface area contributed by atoms with Gasteiger partial charge in [-0.3, -0.25) is 24.6 Å². The Morgan fingerprint density at radius 1 is 1.02 bits per heavy atom. The summed E-state index contributed by atoms with van der Waals surface area (Å²) in [5.74, 6) is -0.421. The lowest BCUT2D eigenvalue weighted by atomic mass is 9.80. The van der Waals surface area contributed by atoms with Gasteiger partial charge in [0, 0.05) is 44.0 Å². The summed E-state index contributed by atoms with van der Waals surface area (Å²) in [6, 6.07) is 5.45. The second-order valence-electron chi connectivity index (χ2n) is 13.7. The molecule has 1 atom stereocenters. The minimum absolute atomic E-state index is 0.0242. The van der Waals surface area contributed by atoms with Gasteiger partial charge >= 0.3 is 6.09 Å². The molecular formula is C31H41FN4O5. The van der Waals surface area contributed by atoms with Crippen LogP contribution in [-0.4, -0.2) is 72.2 Å². The van der Waals surface area contributed by atoms with Gasteiger partial charge in [0.25, 0.3) is 0 Å². The first kappa shape index (κ1) is 28.0. The molecule has 4 fully saturated rings. The molecule has 0 aromatic heterocycles. The highest BCUT2D eigenvalue weighted by Crippen LogP contribution is 2.58. The smallest absolute Gasteiger partial charge is 0.410 e. The van der Waals surface area contributed by atoms with Crippen LogP contribution in [0.4, 0.5) is 20.6 Å². The standard InChI is InChI=1S/C31H41FN4O5/c1-29(2,3)41-28(40)35-16-12-30(32,13-17-35)19-20-8-14-34(15-9-20)21-4-5-23-22(18-21)31(10-11-31)27(39)36(23)24-6-7-25(37)33-26(24)38/h4-5,18,20,24H,6-17,19H2,1-3H3,(H,33,37,38). The number of fused-ring (bicyclic) bond motifs is 2. The summed E-state index contributed by atoms with van der Waals surface area (Å²) < 4.78 is 21.2. The third-order valence-corrected chi connectivity index (χ3v) is 9.60. The number of hydrogen-bond donors (Lipinski definition) is 1. The van der Waals surface area contributed by atoms with Crippen LogP contribution in [0.1, 0.15) is 84.1 Å². The number of nitrogens with one attached hydrogen (secondary N) is 1. The Kier molecular flexibility index (Phi) is 6.81. The summed E-state index contributed by atoms with van der Waals surface area (Å²) in [6.07, 6.45) is 4.76. The molecule has 9 nitrogen and oxygen atoms in total. The summed E-state index contributed by atoms with van der Waals surface area (Å²) in [5, 5.41) is 2.39. The van der Waals surface area contributed by atoms with Gasteiger partial charge in [0.05, 0.1) is 5.41 Å². The zero-order valence-electron chi connectivity index (χ0n) is 24.3. The predicted octanol–water partition coefficient (Wildman–Crippen LogP) is 4.22. The maximum Gasteiger partial charge on any atom is 0.410 e. The molecule has 1 unspecified atom stereocenters. The van der Waals surface area contributed by atoms with Gasteiger partial charge in [0.1, 0.15) is 17.3 Å². The van der Waals surface area contributed by atoms with Crippen LogP contribution in [0.25, 0.3) is 0 Å². The van der Waals surface area contributed by atoms with Gasteiger partial charge in [0.15, 0.2) is 0 Å². The monoisotopic (exact) mass is 568 g/mol. The average Bonchev–Trinajstić information content (AvgIpc) is 3.68. The Morgan fingerprint density at radius 3 is 2.32 bits per heavy atom. The highest BCUT2D eigenvalue weighted by atomic mass is 19.1. The topological polar surface area (TPSA) is 99.3 Å². The van der Waals surface area contributed by atoms with Crippen molar-refractivity contribution >= 4 is 35.2 Å². The van der Waals surface area contributed by atoms with Crippen LogP contribution in [0, 0.1) is 5.92 Å². The van der Waals surface area contributed by atoms with E-state index >= 15 is 4.39 Å². The fourth-order valence-corrected chi connectivity index (χ4v) is 7.15. The fraction of sp³-hybridized carbons (Fsp3) is 0.677. The highest BCUT2D eigenvalue weighted by molar-refractivity contribution is 6.15. The van der Waals surface area contributed by atoms with Crippen molar-refractivity contribution in [3.05, 3.63) is 23.8 Å². The van der Waals surface area contributed by atoms with E-state index in [0.717, 1.165) is 55.7 Å². The number of amides is 4. The second-order valence-corrected chi connectivity index (χ2v) is 13.7. The molecule has 10 heteroatoms. The third-order valence-electron chi connectivity index (χ3n) is 9.60. The van der Waals surface area contributed by atoms with Crippen LogP contribution in [0.15, 0.2) is 18.2 Å². The Labute approximate surface area is 240 Å². The number of hydrogen-bond acceptors (Lipinski definition) is 6. The number of imide groups is 1. The number of ether oxygens (including phenoxy) is 1. The third kappa shape index (κ3) is 5.30. The molecule has 4 aliphatic heterocycles. The van der Waals surface area contributed by atoms with Crippen molar-refractivity contribution in [1.29, 1.82) is 0 Å². The molecule has 1 aliphatic carbocycles. The molecule has 0 radical (unpaired) electrons. The van der Waals surface area contributed by atoms with Gasteiger partial charge in [-0.15, -0.1) is 0 Å².